The van der Waals surface area contributed by atoms with Gasteiger partial charge in [0.1, 0.15) is 11.8 Å². The van der Waals surface area contributed by atoms with Crippen LogP contribution < -0.4 is 5.32 Å². The molecule has 0 saturated heterocycles. The molecule has 2 heterocycles. The molecular formula is C14H8ClF3N4O3. The number of halogens is 4. The van der Waals surface area contributed by atoms with Crippen molar-refractivity contribution in [2.45, 2.75) is 13.1 Å². The van der Waals surface area contributed by atoms with Gasteiger partial charge in [-0.1, -0.05) is 16.8 Å². The number of nitrogens with zero attached hydrogens (tertiary/aromatic N) is 3. The molecule has 25 heavy (non-hydrogen) atoms. The van der Waals surface area contributed by atoms with Gasteiger partial charge in [-0.3, -0.25) is 4.79 Å². The minimum absolute atomic E-state index is 0.0122. The average Bonchev–Trinajstić information content (AvgIpc) is 2.95. The van der Waals surface area contributed by atoms with Gasteiger partial charge in [-0.05, 0) is 13.0 Å². The molecule has 0 radical (unpaired) electrons. The maximum Gasteiger partial charge on any atom is 0.417 e. The standard InChI is InChI=1S/C14H8ClF3N4O3/c1-6-9(5-21-25-6)11(23)8(3-19)13(24)22-12-10(15)2-7(4-20-12)14(16,17)18/h2,4-5,23H,1H3,(H,20,22,24)/b11-8-. The molecule has 2 N–H and O–H groups in total. The van der Waals surface area contributed by atoms with Gasteiger partial charge in [-0.2, -0.15) is 18.4 Å². The molecule has 11 heteroatoms. The van der Waals surface area contributed by atoms with Gasteiger partial charge in [0.25, 0.3) is 5.91 Å². The summed E-state index contributed by atoms with van der Waals surface area (Å²) in [6, 6.07) is 2.06. The first-order valence-electron chi connectivity index (χ1n) is 6.44. The number of amides is 1. The minimum Gasteiger partial charge on any atom is -0.506 e. The molecule has 0 aromatic carbocycles. The van der Waals surface area contributed by atoms with E-state index in [-0.39, 0.29) is 11.3 Å². The van der Waals surface area contributed by atoms with Crippen LogP contribution in [0.1, 0.15) is 16.9 Å². The summed E-state index contributed by atoms with van der Waals surface area (Å²) in [5.41, 5.74) is -1.81. The zero-order chi connectivity index (χ0) is 18.8. The molecule has 0 saturated carbocycles. The molecule has 7 nitrogen and oxygen atoms in total. The van der Waals surface area contributed by atoms with Gasteiger partial charge in [0, 0.05) is 6.20 Å². The Bertz CT molecular complexity index is 899. The monoisotopic (exact) mass is 372 g/mol. The van der Waals surface area contributed by atoms with E-state index >= 15 is 0 Å². The second-order valence-corrected chi connectivity index (χ2v) is 5.04. The summed E-state index contributed by atoms with van der Waals surface area (Å²) >= 11 is 5.67. The third-order valence-corrected chi connectivity index (χ3v) is 3.27. The van der Waals surface area contributed by atoms with Crippen molar-refractivity contribution in [2.24, 2.45) is 0 Å². The Kier molecular flexibility index (Phi) is 4.99. The summed E-state index contributed by atoms with van der Waals surface area (Å²) in [5, 5.41) is 24.1. The van der Waals surface area contributed by atoms with Crippen molar-refractivity contribution in [2.75, 3.05) is 5.32 Å². The molecule has 0 atom stereocenters. The van der Waals surface area contributed by atoms with Gasteiger partial charge in [0.2, 0.25) is 0 Å². The summed E-state index contributed by atoms with van der Waals surface area (Å²) in [5.74, 6) is -2.07. The third-order valence-electron chi connectivity index (χ3n) is 2.98. The summed E-state index contributed by atoms with van der Waals surface area (Å²) in [7, 11) is 0. The quantitative estimate of drug-likeness (QED) is 0.484. The highest BCUT2D eigenvalue weighted by atomic mass is 35.5. The van der Waals surface area contributed by atoms with Crippen molar-refractivity contribution in [3.63, 3.8) is 0 Å². The minimum atomic E-state index is -4.65. The van der Waals surface area contributed by atoms with Gasteiger partial charge in [-0.15, -0.1) is 0 Å². The second kappa shape index (κ2) is 6.82. The normalized spacial score (nSPS) is 12.3. The van der Waals surface area contributed by atoms with E-state index in [9.17, 15) is 23.1 Å². The topological polar surface area (TPSA) is 112 Å². The number of carbonyl (C=O) groups excluding carboxylic acids is 1. The lowest BCUT2D eigenvalue weighted by molar-refractivity contribution is -0.137. The van der Waals surface area contributed by atoms with Crippen molar-refractivity contribution >= 4 is 29.1 Å². The van der Waals surface area contributed by atoms with Gasteiger partial charge < -0.3 is 14.9 Å². The number of rotatable bonds is 3. The molecule has 0 aliphatic carbocycles. The van der Waals surface area contributed by atoms with Crippen molar-refractivity contribution in [1.29, 1.82) is 5.26 Å². The highest BCUT2D eigenvalue weighted by Gasteiger charge is 2.32. The summed E-state index contributed by atoms with van der Waals surface area (Å²) in [6.45, 7) is 1.44. The maximum atomic E-state index is 12.6. The fourth-order valence-electron chi connectivity index (χ4n) is 1.73. The Balaban J connectivity index is 2.33. The zero-order valence-electron chi connectivity index (χ0n) is 12.3. The first-order valence-corrected chi connectivity index (χ1v) is 6.82. The number of nitriles is 1. The molecule has 0 fully saturated rings. The van der Waals surface area contributed by atoms with Crippen molar-refractivity contribution in [3.05, 3.63) is 45.9 Å². The lowest BCUT2D eigenvalue weighted by Gasteiger charge is -2.10. The van der Waals surface area contributed by atoms with E-state index < -0.39 is 39.8 Å². The van der Waals surface area contributed by atoms with Crippen LogP contribution in [0.5, 0.6) is 0 Å². The fourth-order valence-corrected chi connectivity index (χ4v) is 1.94. The first-order chi connectivity index (χ1) is 11.6. The van der Waals surface area contributed by atoms with Crippen LogP contribution in [0.25, 0.3) is 5.76 Å². The predicted octanol–water partition coefficient (Wildman–Crippen LogP) is 3.48. The fraction of sp³-hybridized carbons (Fsp3) is 0.143. The van der Waals surface area contributed by atoms with Crippen LogP contribution in [0.2, 0.25) is 5.02 Å². The van der Waals surface area contributed by atoms with Crippen molar-refractivity contribution < 1.29 is 27.6 Å². The number of hydrogen-bond donors (Lipinski definition) is 2. The number of carbonyl (C=O) groups is 1. The predicted molar refractivity (Wildman–Crippen MR) is 79.3 cm³/mol. The molecule has 0 unspecified atom stereocenters. The van der Waals surface area contributed by atoms with Gasteiger partial charge in [-0.25, -0.2) is 4.98 Å². The van der Waals surface area contributed by atoms with Gasteiger partial charge in [0.15, 0.2) is 17.2 Å². The number of aryl methyl sites for hydroxylation is 1. The molecule has 2 aromatic rings. The van der Waals surface area contributed by atoms with Crippen LogP contribution in [0, 0.1) is 18.3 Å². The molecule has 2 aromatic heterocycles. The van der Waals surface area contributed by atoms with Crippen molar-refractivity contribution in [1.82, 2.24) is 10.1 Å². The lowest BCUT2D eigenvalue weighted by atomic mass is 10.1. The molecule has 130 valence electrons. The summed E-state index contributed by atoms with van der Waals surface area (Å²) in [4.78, 5) is 15.5. The van der Waals surface area contributed by atoms with Crippen LogP contribution in [-0.2, 0) is 11.0 Å². The zero-order valence-corrected chi connectivity index (χ0v) is 13.1. The third kappa shape index (κ3) is 3.89. The molecular weight excluding hydrogens is 365 g/mol. The van der Waals surface area contributed by atoms with Gasteiger partial charge >= 0.3 is 6.18 Å². The van der Waals surface area contributed by atoms with Crippen LogP contribution in [-0.4, -0.2) is 21.2 Å². The van der Waals surface area contributed by atoms with Crippen LogP contribution in [0.15, 0.2) is 28.6 Å². The summed E-state index contributed by atoms with van der Waals surface area (Å²) in [6.07, 6.45) is -3.08. The van der Waals surface area contributed by atoms with E-state index in [1.807, 2.05) is 0 Å². The number of aliphatic hydroxyl groups excluding tert-OH is 1. The van der Waals surface area contributed by atoms with E-state index in [2.05, 4.69) is 15.5 Å². The second-order valence-electron chi connectivity index (χ2n) is 4.64. The Hall–Kier alpha value is -3.06. The Labute approximate surface area is 143 Å². The molecule has 0 bridgehead atoms. The van der Waals surface area contributed by atoms with E-state index in [4.69, 9.17) is 21.4 Å². The number of nitrogens with one attached hydrogen (secondary N) is 1. The Morgan fingerprint density at radius 3 is 2.60 bits per heavy atom. The van der Waals surface area contributed by atoms with Crippen molar-refractivity contribution in [3.8, 4) is 6.07 Å². The largest absolute Gasteiger partial charge is 0.506 e. The number of alkyl halides is 3. The van der Waals surface area contributed by atoms with Gasteiger partial charge in [0.05, 0.1) is 22.3 Å². The van der Waals surface area contributed by atoms with Crippen LogP contribution in [0.3, 0.4) is 0 Å². The van der Waals surface area contributed by atoms with E-state index in [0.29, 0.717) is 12.3 Å². The highest BCUT2D eigenvalue weighted by molar-refractivity contribution is 6.33. The smallest absolute Gasteiger partial charge is 0.417 e. The van der Waals surface area contributed by atoms with E-state index in [1.54, 1.807) is 0 Å². The number of anilines is 1. The first kappa shape index (κ1) is 18.3. The van der Waals surface area contributed by atoms with Crippen LogP contribution in [0.4, 0.5) is 19.0 Å². The number of aromatic nitrogens is 2. The number of hydrogen-bond acceptors (Lipinski definition) is 6. The molecule has 2 rings (SSSR count). The molecule has 1 amide bonds. The van der Waals surface area contributed by atoms with Crippen LogP contribution >= 0.6 is 11.6 Å². The van der Waals surface area contributed by atoms with E-state index in [1.165, 1.54) is 13.0 Å². The number of aliphatic hydroxyl groups is 1. The molecule has 0 spiro atoms. The molecule has 0 aliphatic rings. The SMILES string of the molecule is Cc1oncc1/C(O)=C(\C#N)C(=O)Nc1ncc(C(F)(F)F)cc1Cl. The highest BCUT2D eigenvalue weighted by Crippen LogP contribution is 2.32. The average molecular weight is 373 g/mol. The maximum absolute atomic E-state index is 12.6. The lowest BCUT2D eigenvalue weighted by Crippen LogP contribution is -2.17. The summed E-state index contributed by atoms with van der Waals surface area (Å²) < 4.78 is 42.4. The molecule has 0 aliphatic heterocycles. The Morgan fingerprint density at radius 1 is 1.44 bits per heavy atom. The Morgan fingerprint density at radius 2 is 2.12 bits per heavy atom. The number of pyridine rings is 1. The van der Waals surface area contributed by atoms with E-state index in [0.717, 1.165) is 6.20 Å².